The first kappa shape index (κ1) is 30.0. The molecule has 1 saturated heterocycles. The van der Waals surface area contributed by atoms with Crippen molar-refractivity contribution in [1.29, 1.82) is 0 Å². The van der Waals surface area contributed by atoms with Crippen LogP contribution >= 0.6 is 11.8 Å². The summed E-state index contributed by atoms with van der Waals surface area (Å²) in [5.41, 5.74) is 2.50. The Morgan fingerprint density at radius 1 is 0.930 bits per heavy atom. The molecule has 2 N–H and O–H groups in total. The van der Waals surface area contributed by atoms with Crippen LogP contribution in [-0.4, -0.2) is 50.9 Å². The number of hydrogen-bond acceptors (Lipinski definition) is 6. The molecule has 1 aliphatic heterocycles. The van der Waals surface area contributed by atoms with Crippen molar-refractivity contribution in [3.05, 3.63) is 106 Å². The number of nitrogens with zero attached hydrogens (tertiary/aromatic N) is 3. The number of benzene rings is 3. The molecule has 1 fully saturated rings. The summed E-state index contributed by atoms with van der Waals surface area (Å²) >= 11 is 1.84. The fourth-order valence-electron chi connectivity index (χ4n) is 4.74. The Morgan fingerprint density at radius 3 is 2.23 bits per heavy atom. The highest BCUT2D eigenvalue weighted by molar-refractivity contribution is 7.99. The zero-order valence-electron chi connectivity index (χ0n) is 24.6. The van der Waals surface area contributed by atoms with Crippen LogP contribution in [0.4, 0.5) is 21.6 Å². The number of rotatable bonds is 6. The van der Waals surface area contributed by atoms with Crippen LogP contribution in [0.3, 0.4) is 0 Å². The molecule has 0 unspecified atom stereocenters. The number of halogens is 1. The van der Waals surface area contributed by atoms with Gasteiger partial charge >= 0.3 is 0 Å². The average molecular weight is 600 g/mol. The van der Waals surface area contributed by atoms with Gasteiger partial charge in [0.2, 0.25) is 0 Å². The highest BCUT2D eigenvalue weighted by atomic mass is 32.2. The second-order valence-electron chi connectivity index (χ2n) is 11.4. The molecule has 1 aliphatic rings. The van der Waals surface area contributed by atoms with Gasteiger partial charge in [0, 0.05) is 60.2 Å². The molecule has 1 aromatic heterocycles. The topological polar surface area (TPSA) is 96.3 Å². The predicted octanol–water partition coefficient (Wildman–Crippen LogP) is 6.07. The molecule has 0 radical (unpaired) electrons. The van der Waals surface area contributed by atoms with Gasteiger partial charge in [0.1, 0.15) is 0 Å². The van der Waals surface area contributed by atoms with Crippen molar-refractivity contribution in [2.75, 3.05) is 35.2 Å². The van der Waals surface area contributed by atoms with Crippen molar-refractivity contribution >= 4 is 40.8 Å². The molecule has 4 aromatic rings. The predicted molar refractivity (Wildman–Crippen MR) is 171 cm³/mol. The maximum atomic E-state index is 15.7. The van der Waals surface area contributed by atoms with E-state index >= 15 is 4.39 Å². The summed E-state index contributed by atoms with van der Waals surface area (Å²) in [5.74, 6) is 0.731. The lowest BCUT2D eigenvalue weighted by Gasteiger charge is -2.26. The van der Waals surface area contributed by atoms with E-state index in [1.165, 1.54) is 16.8 Å². The molecule has 222 valence electrons. The van der Waals surface area contributed by atoms with Gasteiger partial charge in [-0.2, -0.15) is 11.8 Å². The van der Waals surface area contributed by atoms with Crippen LogP contribution in [0.5, 0.6) is 0 Å². The number of aromatic nitrogens is 2. The van der Waals surface area contributed by atoms with Crippen LogP contribution in [0.1, 0.15) is 47.1 Å². The molecule has 0 atom stereocenters. The molecule has 5 rings (SSSR count). The summed E-state index contributed by atoms with van der Waals surface area (Å²) < 4.78 is 17.0. The Balaban J connectivity index is 1.35. The van der Waals surface area contributed by atoms with Crippen molar-refractivity contribution in [3.63, 3.8) is 0 Å². The average Bonchev–Trinajstić information content (AvgIpc) is 3.00. The quantitative estimate of drug-likeness (QED) is 0.279. The first-order chi connectivity index (χ1) is 20.5. The van der Waals surface area contributed by atoms with E-state index in [4.69, 9.17) is 0 Å². The SMILES string of the molecule is Cn1cc(-c2cccc(NC(=O)c3ccc(C(C)(C)C)cc3)c2F)nc(Nc2ccc(C(=O)N3CCSCC3)cc2)c1=O. The summed E-state index contributed by atoms with van der Waals surface area (Å²) in [6.45, 7) is 7.72. The van der Waals surface area contributed by atoms with Gasteiger partial charge < -0.3 is 20.1 Å². The van der Waals surface area contributed by atoms with Crippen LogP contribution in [0.25, 0.3) is 11.3 Å². The highest BCUT2D eigenvalue weighted by Gasteiger charge is 2.20. The fourth-order valence-corrected chi connectivity index (χ4v) is 5.64. The van der Waals surface area contributed by atoms with Crippen LogP contribution < -0.4 is 16.2 Å². The summed E-state index contributed by atoms with van der Waals surface area (Å²) in [4.78, 5) is 44.9. The van der Waals surface area contributed by atoms with Gasteiger partial charge in [0.25, 0.3) is 17.4 Å². The van der Waals surface area contributed by atoms with Crippen LogP contribution in [0.15, 0.2) is 77.7 Å². The Morgan fingerprint density at radius 2 is 1.58 bits per heavy atom. The Kier molecular flexibility index (Phi) is 8.68. The van der Waals surface area contributed by atoms with Crippen LogP contribution in [-0.2, 0) is 12.5 Å². The maximum Gasteiger partial charge on any atom is 0.293 e. The molecule has 8 nitrogen and oxygen atoms in total. The van der Waals surface area contributed by atoms with Crippen molar-refractivity contribution in [3.8, 4) is 11.3 Å². The van der Waals surface area contributed by atoms with Crippen molar-refractivity contribution in [2.24, 2.45) is 7.05 Å². The highest BCUT2D eigenvalue weighted by Crippen LogP contribution is 2.28. The number of amides is 2. The van der Waals surface area contributed by atoms with E-state index in [9.17, 15) is 14.4 Å². The standard InChI is InChI=1S/C33H34FN5O3S/c1-33(2,3)23-12-8-21(9-13-23)30(40)37-26-7-5-6-25(28(26)34)27-20-38(4)32(42)29(36-27)35-24-14-10-22(11-15-24)31(41)39-16-18-43-19-17-39/h5-15,20H,16-19H2,1-4H3,(H,35,36)(H,37,40). The fraction of sp³-hybridized carbons (Fsp3) is 0.273. The third kappa shape index (κ3) is 6.80. The van der Waals surface area contributed by atoms with Crippen molar-refractivity contribution in [2.45, 2.75) is 26.2 Å². The molecule has 0 spiro atoms. The second-order valence-corrected chi connectivity index (χ2v) is 12.7. The number of thioether (sulfide) groups is 1. The van der Waals surface area contributed by atoms with Gasteiger partial charge in [-0.05, 0) is 59.5 Å². The minimum Gasteiger partial charge on any atom is -0.337 e. The molecular weight excluding hydrogens is 565 g/mol. The van der Waals surface area contributed by atoms with Gasteiger partial charge in [-0.3, -0.25) is 14.4 Å². The van der Waals surface area contributed by atoms with E-state index in [1.807, 2.05) is 28.8 Å². The number of hydrogen-bond donors (Lipinski definition) is 2. The molecule has 2 amide bonds. The van der Waals surface area contributed by atoms with Gasteiger partial charge in [-0.25, -0.2) is 9.37 Å². The van der Waals surface area contributed by atoms with E-state index < -0.39 is 17.3 Å². The normalized spacial score (nSPS) is 13.5. The van der Waals surface area contributed by atoms with Crippen LogP contribution in [0.2, 0.25) is 0 Å². The Labute approximate surface area is 254 Å². The zero-order valence-corrected chi connectivity index (χ0v) is 25.4. The largest absolute Gasteiger partial charge is 0.337 e. The van der Waals surface area contributed by atoms with Crippen molar-refractivity contribution < 1.29 is 14.0 Å². The van der Waals surface area contributed by atoms with Gasteiger partial charge in [-0.15, -0.1) is 0 Å². The smallest absolute Gasteiger partial charge is 0.293 e. The lowest BCUT2D eigenvalue weighted by atomic mass is 9.87. The van der Waals surface area contributed by atoms with Crippen molar-refractivity contribution in [1.82, 2.24) is 14.5 Å². The monoisotopic (exact) mass is 599 g/mol. The molecule has 43 heavy (non-hydrogen) atoms. The third-order valence-corrected chi connectivity index (χ3v) is 8.24. The summed E-state index contributed by atoms with van der Waals surface area (Å²) in [5, 5.41) is 5.66. The summed E-state index contributed by atoms with van der Waals surface area (Å²) in [6, 6.07) is 18.7. The minimum absolute atomic E-state index is 0.0000847. The Bertz CT molecular complexity index is 1710. The molecular formula is C33H34FN5O3S. The third-order valence-electron chi connectivity index (χ3n) is 7.30. The Hall–Kier alpha value is -4.44. The summed E-state index contributed by atoms with van der Waals surface area (Å²) in [6.07, 6.45) is 1.45. The lowest BCUT2D eigenvalue weighted by molar-refractivity contribution is 0.0772. The molecule has 0 aliphatic carbocycles. The number of carbonyl (C=O) groups excluding carboxylic acids is 2. The number of anilines is 3. The molecule has 0 bridgehead atoms. The van der Waals surface area contributed by atoms with E-state index in [1.54, 1.807) is 55.6 Å². The maximum absolute atomic E-state index is 15.7. The minimum atomic E-state index is -0.668. The van der Waals surface area contributed by atoms with Gasteiger partial charge in [0.15, 0.2) is 11.6 Å². The molecule has 2 heterocycles. The molecule has 0 saturated carbocycles. The van der Waals surface area contributed by atoms with E-state index in [0.717, 1.165) is 30.2 Å². The van der Waals surface area contributed by atoms with E-state index in [2.05, 4.69) is 36.4 Å². The first-order valence-corrected chi connectivity index (χ1v) is 15.2. The lowest BCUT2D eigenvalue weighted by Crippen LogP contribution is -2.37. The number of carbonyl (C=O) groups is 2. The number of aryl methyl sites for hydroxylation is 1. The number of nitrogens with one attached hydrogen (secondary N) is 2. The zero-order chi connectivity index (χ0) is 30.7. The van der Waals surface area contributed by atoms with E-state index in [-0.39, 0.29) is 34.1 Å². The second kappa shape index (κ2) is 12.4. The van der Waals surface area contributed by atoms with E-state index in [0.29, 0.717) is 16.8 Å². The first-order valence-electron chi connectivity index (χ1n) is 14.0. The van der Waals surface area contributed by atoms with Crippen LogP contribution in [0, 0.1) is 5.82 Å². The summed E-state index contributed by atoms with van der Waals surface area (Å²) in [7, 11) is 1.56. The molecule has 10 heteroatoms. The van der Waals surface area contributed by atoms with Gasteiger partial charge in [0.05, 0.1) is 11.4 Å². The van der Waals surface area contributed by atoms with Gasteiger partial charge in [-0.1, -0.05) is 39.0 Å². The molecule has 3 aromatic carbocycles.